The Morgan fingerprint density at radius 1 is 0.821 bits per heavy atom. The molecule has 2 amide bonds. The smallest absolute Gasteiger partial charge is 0.266 e. The molecule has 0 radical (unpaired) electrons. The van der Waals surface area contributed by atoms with Crippen LogP contribution in [0, 0.1) is 13.8 Å². The number of imide groups is 1. The van der Waals surface area contributed by atoms with Crippen LogP contribution in [0.4, 0.5) is 5.69 Å². The van der Waals surface area contributed by atoms with Gasteiger partial charge in [0.25, 0.3) is 11.8 Å². The Labute approximate surface area is 161 Å². The maximum Gasteiger partial charge on any atom is 0.266 e. The van der Waals surface area contributed by atoms with Crippen LogP contribution in [0.25, 0.3) is 16.7 Å². The second kappa shape index (κ2) is 5.85. The fourth-order valence-corrected chi connectivity index (χ4v) is 3.69. The van der Waals surface area contributed by atoms with Gasteiger partial charge in [-0.05, 0) is 50.2 Å². The molecule has 1 aliphatic rings. The highest BCUT2D eigenvalue weighted by atomic mass is 16.2. The molecule has 0 N–H and O–H groups in total. The number of anilines is 1. The largest absolute Gasteiger partial charge is 0.268 e. The van der Waals surface area contributed by atoms with Crippen molar-refractivity contribution < 1.29 is 9.59 Å². The van der Waals surface area contributed by atoms with Crippen molar-refractivity contribution in [1.82, 2.24) is 14.8 Å². The lowest BCUT2D eigenvalue weighted by Gasteiger charge is -2.16. The number of pyridine rings is 1. The number of hydrogen-bond donors (Lipinski definition) is 0. The normalized spacial score (nSPS) is 13.4. The van der Waals surface area contributed by atoms with Crippen LogP contribution in [0.5, 0.6) is 0 Å². The molecule has 0 spiro atoms. The van der Waals surface area contributed by atoms with Crippen LogP contribution < -0.4 is 4.90 Å². The van der Waals surface area contributed by atoms with Crippen molar-refractivity contribution in [2.24, 2.45) is 0 Å². The Bertz CT molecular complexity index is 1250. The first kappa shape index (κ1) is 16.4. The van der Waals surface area contributed by atoms with Gasteiger partial charge in [0.2, 0.25) is 0 Å². The molecular weight excluding hydrogens is 352 g/mol. The van der Waals surface area contributed by atoms with Crippen LogP contribution in [0.15, 0.2) is 60.7 Å². The number of hydrogen-bond acceptors (Lipinski definition) is 4. The van der Waals surface area contributed by atoms with E-state index in [1.54, 1.807) is 35.0 Å². The molecule has 136 valence electrons. The number of para-hydroxylation sites is 1. The first-order chi connectivity index (χ1) is 13.5. The SMILES string of the molecule is Cc1cc(C)n(-c2ccc3cccc(N4C(=O)c5ccccc5C4=O)c3n2)n1. The monoisotopic (exact) mass is 368 g/mol. The minimum atomic E-state index is -0.327. The van der Waals surface area contributed by atoms with Gasteiger partial charge in [-0.25, -0.2) is 14.6 Å². The summed E-state index contributed by atoms with van der Waals surface area (Å²) >= 11 is 0. The molecule has 5 rings (SSSR count). The number of nitrogens with zero attached hydrogens (tertiary/aromatic N) is 4. The van der Waals surface area contributed by atoms with E-state index >= 15 is 0 Å². The third-order valence-corrected chi connectivity index (χ3v) is 4.95. The van der Waals surface area contributed by atoms with Crippen molar-refractivity contribution in [3.63, 3.8) is 0 Å². The number of carbonyl (C=O) groups excluding carboxylic acids is 2. The minimum Gasteiger partial charge on any atom is -0.268 e. The van der Waals surface area contributed by atoms with E-state index in [2.05, 4.69) is 5.10 Å². The van der Waals surface area contributed by atoms with Gasteiger partial charge in [-0.2, -0.15) is 5.10 Å². The van der Waals surface area contributed by atoms with Crippen molar-refractivity contribution in [1.29, 1.82) is 0 Å². The molecule has 2 aromatic heterocycles. The predicted molar refractivity (Wildman–Crippen MR) is 106 cm³/mol. The van der Waals surface area contributed by atoms with Crippen molar-refractivity contribution in [3.8, 4) is 5.82 Å². The Balaban J connectivity index is 1.71. The molecule has 6 nitrogen and oxygen atoms in total. The molecule has 28 heavy (non-hydrogen) atoms. The van der Waals surface area contributed by atoms with Crippen LogP contribution in [0.1, 0.15) is 32.1 Å². The third kappa shape index (κ3) is 2.28. The van der Waals surface area contributed by atoms with E-state index in [1.807, 2.05) is 44.2 Å². The molecule has 0 bridgehead atoms. The summed E-state index contributed by atoms with van der Waals surface area (Å²) in [5, 5.41) is 5.33. The summed E-state index contributed by atoms with van der Waals surface area (Å²) in [5.74, 6) is -0.0139. The van der Waals surface area contributed by atoms with Gasteiger partial charge in [0.15, 0.2) is 5.82 Å². The van der Waals surface area contributed by atoms with E-state index in [0.717, 1.165) is 16.8 Å². The van der Waals surface area contributed by atoms with Crippen LogP contribution >= 0.6 is 0 Å². The summed E-state index contributed by atoms with van der Waals surface area (Å²) in [6.45, 7) is 3.89. The first-order valence-corrected chi connectivity index (χ1v) is 8.96. The molecule has 6 heteroatoms. The van der Waals surface area contributed by atoms with Gasteiger partial charge in [-0.3, -0.25) is 9.59 Å². The molecule has 2 aromatic carbocycles. The molecule has 0 saturated carbocycles. The zero-order valence-corrected chi connectivity index (χ0v) is 15.4. The second-order valence-electron chi connectivity index (χ2n) is 6.85. The minimum absolute atomic E-state index is 0.327. The van der Waals surface area contributed by atoms with Crippen LogP contribution in [-0.4, -0.2) is 26.6 Å². The standard InChI is InChI=1S/C22H16N4O2/c1-13-12-14(2)26(24-13)19-11-10-15-6-5-9-18(20(15)23-19)25-21(27)16-7-3-4-8-17(16)22(25)28/h3-12H,1-2H3. The van der Waals surface area contributed by atoms with Gasteiger partial charge in [0.1, 0.15) is 0 Å². The Morgan fingerprint density at radius 2 is 1.54 bits per heavy atom. The van der Waals surface area contributed by atoms with Crippen LogP contribution in [0.3, 0.4) is 0 Å². The molecule has 3 heterocycles. The maximum absolute atomic E-state index is 12.9. The molecule has 0 unspecified atom stereocenters. The molecule has 0 saturated heterocycles. The number of aryl methyl sites for hydroxylation is 2. The van der Waals surface area contributed by atoms with Crippen LogP contribution in [0.2, 0.25) is 0 Å². The Kier molecular flexibility index (Phi) is 3.42. The molecule has 0 aliphatic carbocycles. The number of amides is 2. The summed E-state index contributed by atoms with van der Waals surface area (Å²) in [4.78, 5) is 31.8. The topological polar surface area (TPSA) is 68.1 Å². The van der Waals surface area contributed by atoms with Gasteiger partial charge in [0.05, 0.1) is 28.0 Å². The molecule has 4 aromatic rings. The van der Waals surface area contributed by atoms with Crippen molar-refractivity contribution >= 4 is 28.4 Å². The summed E-state index contributed by atoms with van der Waals surface area (Å²) in [6, 6.07) is 18.1. The Hall–Kier alpha value is -3.80. The van der Waals surface area contributed by atoms with Gasteiger partial charge in [-0.15, -0.1) is 0 Å². The summed E-state index contributed by atoms with van der Waals surface area (Å²) in [7, 11) is 0. The van der Waals surface area contributed by atoms with E-state index in [-0.39, 0.29) is 11.8 Å². The second-order valence-corrected chi connectivity index (χ2v) is 6.85. The third-order valence-electron chi connectivity index (χ3n) is 4.95. The highest BCUT2D eigenvalue weighted by Crippen LogP contribution is 2.33. The van der Waals surface area contributed by atoms with E-state index in [4.69, 9.17) is 4.98 Å². The van der Waals surface area contributed by atoms with E-state index < -0.39 is 0 Å². The number of carbonyl (C=O) groups is 2. The quantitative estimate of drug-likeness (QED) is 0.504. The van der Waals surface area contributed by atoms with Crippen LogP contribution in [-0.2, 0) is 0 Å². The van der Waals surface area contributed by atoms with Gasteiger partial charge in [0, 0.05) is 11.1 Å². The maximum atomic E-state index is 12.9. The molecule has 1 aliphatic heterocycles. The lowest BCUT2D eigenvalue weighted by Crippen LogP contribution is -2.29. The fraction of sp³-hybridized carbons (Fsp3) is 0.0909. The summed E-state index contributed by atoms with van der Waals surface area (Å²) in [6.07, 6.45) is 0. The summed E-state index contributed by atoms with van der Waals surface area (Å²) < 4.78 is 1.76. The van der Waals surface area contributed by atoms with E-state index in [9.17, 15) is 9.59 Å². The van der Waals surface area contributed by atoms with E-state index in [0.29, 0.717) is 28.1 Å². The fourth-order valence-electron chi connectivity index (χ4n) is 3.69. The van der Waals surface area contributed by atoms with Gasteiger partial charge in [-0.1, -0.05) is 24.3 Å². The zero-order chi connectivity index (χ0) is 19.4. The molecule has 0 fully saturated rings. The van der Waals surface area contributed by atoms with Crippen molar-refractivity contribution in [3.05, 3.63) is 83.2 Å². The first-order valence-electron chi connectivity index (χ1n) is 8.96. The summed E-state index contributed by atoms with van der Waals surface area (Å²) in [5.41, 5.74) is 3.75. The molecule has 0 atom stereocenters. The van der Waals surface area contributed by atoms with Crippen molar-refractivity contribution in [2.75, 3.05) is 4.90 Å². The zero-order valence-electron chi connectivity index (χ0n) is 15.4. The lowest BCUT2D eigenvalue weighted by atomic mass is 10.1. The van der Waals surface area contributed by atoms with Gasteiger partial charge >= 0.3 is 0 Å². The average molecular weight is 368 g/mol. The number of aromatic nitrogens is 3. The number of fused-ring (bicyclic) bond motifs is 2. The predicted octanol–water partition coefficient (Wildman–Crippen LogP) is 3.84. The van der Waals surface area contributed by atoms with Crippen molar-refractivity contribution in [2.45, 2.75) is 13.8 Å². The number of rotatable bonds is 2. The highest BCUT2D eigenvalue weighted by Gasteiger charge is 2.37. The van der Waals surface area contributed by atoms with Gasteiger partial charge < -0.3 is 0 Å². The van der Waals surface area contributed by atoms with E-state index in [1.165, 1.54) is 4.90 Å². The average Bonchev–Trinajstić information content (AvgIpc) is 3.17. The number of benzene rings is 2. The molecular formula is C22H16N4O2. The Morgan fingerprint density at radius 3 is 2.18 bits per heavy atom. The lowest BCUT2D eigenvalue weighted by molar-refractivity contribution is 0.0926. The highest BCUT2D eigenvalue weighted by molar-refractivity contribution is 6.35.